The first-order valence-electron chi connectivity index (χ1n) is 7.82. The van der Waals surface area contributed by atoms with E-state index in [0.29, 0.717) is 6.54 Å². The van der Waals surface area contributed by atoms with Crippen LogP contribution < -0.4 is 5.32 Å². The molecule has 0 atom stereocenters. The van der Waals surface area contributed by atoms with Crippen LogP contribution in [0.4, 0.5) is 5.69 Å². The summed E-state index contributed by atoms with van der Waals surface area (Å²) < 4.78 is 0. The van der Waals surface area contributed by atoms with Gasteiger partial charge in [-0.1, -0.05) is 42.5 Å². The second kappa shape index (κ2) is 8.79. The third-order valence-corrected chi connectivity index (χ3v) is 3.64. The third kappa shape index (κ3) is 5.17. The molecule has 1 N–H and O–H groups in total. The van der Waals surface area contributed by atoms with Crippen LogP contribution in [0.2, 0.25) is 0 Å². The molecule has 126 valence electrons. The fraction of sp³-hybridized carbons (Fsp3) is 0.278. The van der Waals surface area contributed by atoms with Gasteiger partial charge in [0.05, 0.1) is 4.92 Å². The lowest BCUT2D eigenvalue weighted by molar-refractivity contribution is -0.385. The Balaban J connectivity index is 1.76. The van der Waals surface area contributed by atoms with E-state index in [-0.39, 0.29) is 11.3 Å². The molecule has 0 aliphatic carbocycles. The molecule has 24 heavy (non-hydrogen) atoms. The van der Waals surface area contributed by atoms with E-state index in [1.54, 1.807) is 12.1 Å². The minimum Gasteiger partial charge on any atom is -0.352 e. The van der Waals surface area contributed by atoms with Gasteiger partial charge >= 0.3 is 0 Å². The van der Waals surface area contributed by atoms with Crippen LogP contribution in [0, 0.1) is 10.1 Å². The molecule has 0 saturated carbocycles. The number of nitrogens with zero attached hydrogens (tertiary/aromatic N) is 2. The number of rotatable bonds is 8. The van der Waals surface area contributed by atoms with Gasteiger partial charge in [-0.3, -0.25) is 14.9 Å². The van der Waals surface area contributed by atoms with Crippen molar-refractivity contribution < 1.29 is 9.72 Å². The summed E-state index contributed by atoms with van der Waals surface area (Å²) in [5, 5.41) is 13.7. The Labute approximate surface area is 141 Å². The van der Waals surface area contributed by atoms with Crippen molar-refractivity contribution in [3.63, 3.8) is 0 Å². The average Bonchev–Trinajstić information content (AvgIpc) is 2.59. The lowest BCUT2D eigenvalue weighted by Gasteiger charge is -2.16. The molecule has 0 aliphatic rings. The molecule has 0 heterocycles. The molecule has 0 spiro atoms. The van der Waals surface area contributed by atoms with Crippen molar-refractivity contribution in [2.75, 3.05) is 20.1 Å². The Morgan fingerprint density at radius 3 is 2.50 bits per heavy atom. The summed E-state index contributed by atoms with van der Waals surface area (Å²) >= 11 is 0. The fourth-order valence-corrected chi connectivity index (χ4v) is 2.45. The first kappa shape index (κ1) is 17.6. The van der Waals surface area contributed by atoms with Gasteiger partial charge in [-0.2, -0.15) is 0 Å². The van der Waals surface area contributed by atoms with Crippen LogP contribution in [0.1, 0.15) is 22.3 Å². The van der Waals surface area contributed by atoms with Crippen molar-refractivity contribution in [3.8, 4) is 0 Å². The van der Waals surface area contributed by atoms with Crippen molar-refractivity contribution in [1.82, 2.24) is 10.2 Å². The van der Waals surface area contributed by atoms with Crippen molar-refractivity contribution in [3.05, 3.63) is 75.8 Å². The molecule has 2 rings (SSSR count). The number of para-hydroxylation sites is 1. The van der Waals surface area contributed by atoms with E-state index in [2.05, 4.69) is 22.3 Å². The minimum atomic E-state index is -0.539. The molecule has 2 aromatic carbocycles. The van der Waals surface area contributed by atoms with Crippen molar-refractivity contribution in [2.24, 2.45) is 0 Å². The smallest absolute Gasteiger partial charge is 0.282 e. The number of amides is 1. The third-order valence-electron chi connectivity index (χ3n) is 3.64. The van der Waals surface area contributed by atoms with Gasteiger partial charge in [0.15, 0.2) is 0 Å². The van der Waals surface area contributed by atoms with E-state index in [1.165, 1.54) is 17.7 Å². The summed E-state index contributed by atoms with van der Waals surface area (Å²) in [4.78, 5) is 24.6. The highest BCUT2D eigenvalue weighted by molar-refractivity contribution is 5.98. The normalized spacial score (nSPS) is 10.6. The highest BCUT2D eigenvalue weighted by Crippen LogP contribution is 2.17. The fourth-order valence-electron chi connectivity index (χ4n) is 2.45. The van der Waals surface area contributed by atoms with E-state index >= 15 is 0 Å². The quantitative estimate of drug-likeness (QED) is 0.459. The summed E-state index contributed by atoms with van der Waals surface area (Å²) in [6.07, 6.45) is 0.774. The minimum absolute atomic E-state index is 0.0974. The van der Waals surface area contributed by atoms with Gasteiger partial charge in [-0.25, -0.2) is 0 Å². The molecule has 0 aromatic heterocycles. The maximum Gasteiger partial charge on any atom is 0.282 e. The number of nitro benzene ring substituents is 1. The standard InChI is InChI=1S/C18H21N3O3/c1-20(14-15-8-3-2-4-9-15)13-7-12-19-18(22)16-10-5-6-11-17(16)21(23)24/h2-6,8-11H,7,12-14H2,1H3,(H,19,22). The van der Waals surface area contributed by atoms with Crippen LogP contribution in [0.5, 0.6) is 0 Å². The summed E-state index contributed by atoms with van der Waals surface area (Å²) in [5.74, 6) is -0.409. The van der Waals surface area contributed by atoms with E-state index in [0.717, 1.165) is 19.5 Å². The number of nitrogens with one attached hydrogen (secondary N) is 1. The van der Waals surface area contributed by atoms with Gasteiger partial charge in [-0.05, 0) is 31.6 Å². The summed E-state index contributed by atoms with van der Waals surface area (Å²) in [6.45, 7) is 2.15. The summed E-state index contributed by atoms with van der Waals surface area (Å²) in [7, 11) is 2.02. The molecular formula is C18H21N3O3. The molecule has 0 saturated heterocycles. The molecule has 0 fully saturated rings. The number of hydrogen-bond acceptors (Lipinski definition) is 4. The number of benzene rings is 2. The first-order valence-corrected chi connectivity index (χ1v) is 7.82. The number of carbonyl (C=O) groups excluding carboxylic acids is 1. The molecule has 0 bridgehead atoms. The molecule has 0 aliphatic heterocycles. The van der Waals surface area contributed by atoms with Gasteiger partial charge in [0.2, 0.25) is 0 Å². The SMILES string of the molecule is CN(CCCNC(=O)c1ccccc1[N+](=O)[O-])Cc1ccccc1. The second-order valence-corrected chi connectivity index (χ2v) is 5.61. The van der Waals surface area contributed by atoms with Crippen LogP contribution in [0.15, 0.2) is 54.6 Å². The molecule has 1 amide bonds. The highest BCUT2D eigenvalue weighted by Gasteiger charge is 2.18. The monoisotopic (exact) mass is 327 g/mol. The zero-order chi connectivity index (χ0) is 17.4. The van der Waals surface area contributed by atoms with Crippen LogP contribution in [0.3, 0.4) is 0 Å². The maximum absolute atomic E-state index is 12.1. The molecule has 0 unspecified atom stereocenters. The van der Waals surface area contributed by atoms with E-state index in [4.69, 9.17) is 0 Å². The Morgan fingerprint density at radius 2 is 1.79 bits per heavy atom. The van der Waals surface area contributed by atoms with Crippen molar-refractivity contribution in [2.45, 2.75) is 13.0 Å². The number of hydrogen-bond donors (Lipinski definition) is 1. The summed E-state index contributed by atoms with van der Waals surface area (Å²) in [6, 6.07) is 16.1. The predicted molar refractivity (Wildman–Crippen MR) is 92.8 cm³/mol. The van der Waals surface area contributed by atoms with Gasteiger partial charge < -0.3 is 10.2 Å². The molecule has 6 nitrogen and oxygen atoms in total. The largest absolute Gasteiger partial charge is 0.352 e. The van der Waals surface area contributed by atoms with Crippen LogP contribution in [-0.4, -0.2) is 35.9 Å². The van der Waals surface area contributed by atoms with E-state index < -0.39 is 10.8 Å². The number of carbonyl (C=O) groups is 1. The van der Waals surface area contributed by atoms with Crippen molar-refractivity contribution in [1.29, 1.82) is 0 Å². The van der Waals surface area contributed by atoms with Crippen LogP contribution in [-0.2, 0) is 6.54 Å². The molecular weight excluding hydrogens is 306 g/mol. The van der Waals surface area contributed by atoms with E-state index in [9.17, 15) is 14.9 Å². The zero-order valence-corrected chi connectivity index (χ0v) is 13.6. The van der Waals surface area contributed by atoms with E-state index in [1.807, 2.05) is 25.2 Å². The van der Waals surface area contributed by atoms with Crippen LogP contribution in [0.25, 0.3) is 0 Å². The molecule has 6 heteroatoms. The maximum atomic E-state index is 12.1. The molecule has 0 radical (unpaired) electrons. The topological polar surface area (TPSA) is 75.5 Å². The lowest BCUT2D eigenvalue weighted by Crippen LogP contribution is -2.28. The van der Waals surface area contributed by atoms with Crippen LogP contribution >= 0.6 is 0 Å². The first-order chi connectivity index (χ1) is 11.6. The van der Waals surface area contributed by atoms with Crippen molar-refractivity contribution >= 4 is 11.6 Å². The average molecular weight is 327 g/mol. The predicted octanol–water partition coefficient (Wildman–Crippen LogP) is 2.85. The Bertz CT molecular complexity index is 689. The Hall–Kier alpha value is -2.73. The number of nitro groups is 1. The molecule has 2 aromatic rings. The Morgan fingerprint density at radius 1 is 1.12 bits per heavy atom. The van der Waals surface area contributed by atoms with Gasteiger partial charge in [-0.15, -0.1) is 0 Å². The highest BCUT2D eigenvalue weighted by atomic mass is 16.6. The summed E-state index contributed by atoms with van der Waals surface area (Å²) in [5.41, 5.74) is 1.17. The zero-order valence-electron chi connectivity index (χ0n) is 13.6. The van der Waals surface area contributed by atoms with Gasteiger partial charge in [0, 0.05) is 19.2 Å². The van der Waals surface area contributed by atoms with Gasteiger partial charge in [0.25, 0.3) is 11.6 Å². The Kier molecular flexibility index (Phi) is 6.45. The lowest BCUT2D eigenvalue weighted by atomic mass is 10.1. The second-order valence-electron chi connectivity index (χ2n) is 5.61. The van der Waals surface area contributed by atoms with Gasteiger partial charge in [0.1, 0.15) is 5.56 Å².